The van der Waals surface area contributed by atoms with Gasteiger partial charge in [-0.15, -0.1) is 0 Å². The SMILES string of the molecule is CNCc1ccc(C)c(-c2cc(C)ccc2OC)c1. The number of aryl methyl sites for hydroxylation is 2. The first kappa shape index (κ1) is 13.6. The second kappa shape index (κ2) is 5.89. The van der Waals surface area contributed by atoms with Gasteiger partial charge < -0.3 is 10.1 Å². The number of hydrogen-bond donors (Lipinski definition) is 1. The van der Waals surface area contributed by atoms with Crippen LogP contribution in [0.15, 0.2) is 36.4 Å². The summed E-state index contributed by atoms with van der Waals surface area (Å²) in [6, 6.07) is 12.9. The molecule has 2 aromatic rings. The molecule has 1 N–H and O–H groups in total. The van der Waals surface area contributed by atoms with Crippen LogP contribution in [0.2, 0.25) is 0 Å². The molecule has 0 atom stereocenters. The van der Waals surface area contributed by atoms with E-state index in [1.807, 2.05) is 13.1 Å². The molecule has 0 radical (unpaired) electrons. The van der Waals surface area contributed by atoms with Crippen LogP contribution < -0.4 is 10.1 Å². The van der Waals surface area contributed by atoms with Gasteiger partial charge in [-0.2, -0.15) is 0 Å². The van der Waals surface area contributed by atoms with Crippen molar-refractivity contribution in [2.45, 2.75) is 20.4 Å². The molecule has 0 aliphatic carbocycles. The zero-order valence-corrected chi connectivity index (χ0v) is 12.1. The fourth-order valence-electron chi connectivity index (χ4n) is 2.31. The van der Waals surface area contributed by atoms with Crippen molar-refractivity contribution in [1.29, 1.82) is 0 Å². The molecule has 19 heavy (non-hydrogen) atoms. The first-order valence-electron chi connectivity index (χ1n) is 6.55. The molecule has 0 saturated carbocycles. The summed E-state index contributed by atoms with van der Waals surface area (Å²) in [5.74, 6) is 0.926. The number of methoxy groups -OCH3 is 1. The lowest BCUT2D eigenvalue weighted by Crippen LogP contribution is -2.05. The van der Waals surface area contributed by atoms with Crippen LogP contribution in [0.25, 0.3) is 11.1 Å². The summed E-state index contributed by atoms with van der Waals surface area (Å²) >= 11 is 0. The van der Waals surface area contributed by atoms with Gasteiger partial charge in [0.25, 0.3) is 0 Å². The van der Waals surface area contributed by atoms with Crippen molar-refractivity contribution in [1.82, 2.24) is 5.32 Å². The lowest BCUT2D eigenvalue weighted by atomic mass is 9.96. The van der Waals surface area contributed by atoms with Crippen LogP contribution in [0.4, 0.5) is 0 Å². The maximum atomic E-state index is 5.49. The van der Waals surface area contributed by atoms with Gasteiger partial charge in [-0.3, -0.25) is 0 Å². The van der Waals surface area contributed by atoms with Gasteiger partial charge in [0.05, 0.1) is 7.11 Å². The van der Waals surface area contributed by atoms with Crippen molar-refractivity contribution in [3.8, 4) is 16.9 Å². The predicted molar refractivity (Wildman–Crippen MR) is 80.7 cm³/mol. The lowest BCUT2D eigenvalue weighted by Gasteiger charge is -2.13. The van der Waals surface area contributed by atoms with Crippen molar-refractivity contribution in [3.05, 3.63) is 53.1 Å². The first-order valence-corrected chi connectivity index (χ1v) is 6.55. The van der Waals surface area contributed by atoms with E-state index in [9.17, 15) is 0 Å². The highest BCUT2D eigenvalue weighted by molar-refractivity contribution is 5.74. The second-order valence-corrected chi connectivity index (χ2v) is 4.88. The summed E-state index contributed by atoms with van der Waals surface area (Å²) in [5, 5.41) is 3.19. The molecule has 0 aliphatic rings. The van der Waals surface area contributed by atoms with Crippen LogP contribution in [-0.2, 0) is 6.54 Å². The van der Waals surface area contributed by atoms with Crippen LogP contribution in [-0.4, -0.2) is 14.2 Å². The molecule has 0 heterocycles. The summed E-state index contributed by atoms with van der Waals surface area (Å²) < 4.78 is 5.49. The molecule has 0 amide bonds. The molecule has 0 spiro atoms. The monoisotopic (exact) mass is 255 g/mol. The van der Waals surface area contributed by atoms with Crippen LogP contribution in [0.1, 0.15) is 16.7 Å². The van der Waals surface area contributed by atoms with Gasteiger partial charge in [0.2, 0.25) is 0 Å². The predicted octanol–water partition coefficient (Wildman–Crippen LogP) is 3.70. The Morgan fingerprint density at radius 1 is 1.00 bits per heavy atom. The van der Waals surface area contributed by atoms with E-state index in [1.54, 1.807) is 7.11 Å². The molecular weight excluding hydrogens is 234 g/mol. The third-order valence-corrected chi connectivity index (χ3v) is 3.33. The van der Waals surface area contributed by atoms with Crippen molar-refractivity contribution < 1.29 is 4.74 Å². The number of benzene rings is 2. The van der Waals surface area contributed by atoms with Crippen LogP contribution in [0, 0.1) is 13.8 Å². The van der Waals surface area contributed by atoms with E-state index in [0.717, 1.165) is 17.9 Å². The van der Waals surface area contributed by atoms with Gasteiger partial charge in [-0.05, 0) is 55.8 Å². The van der Waals surface area contributed by atoms with E-state index in [0.29, 0.717) is 0 Å². The minimum Gasteiger partial charge on any atom is -0.496 e. The fourth-order valence-corrected chi connectivity index (χ4v) is 2.31. The van der Waals surface area contributed by atoms with Crippen LogP contribution >= 0.6 is 0 Å². The van der Waals surface area contributed by atoms with E-state index >= 15 is 0 Å². The Bertz CT molecular complexity index is 575. The normalized spacial score (nSPS) is 10.5. The summed E-state index contributed by atoms with van der Waals surface area (Å²) in [6.45, 7) is 5.12. The molecule has 0 aromatic heterocycles. The smallest absolute Gasteiger partial charge is 0.126 e. The van der Waals surface area contributed by atoms with Gasteiger partial charge in [-0.1, -0.05) is 23.8 Å². The molecule has 0 saturated heterocycles. The maximum Gasteiger partial charge on any atom is 0.126 e. The Labute approximate surface area is 115 Å². The highest BCUT2D eigenvalue weighted by Gasteiger charge is 2.09. The van der Waals surface area contributed by atoms with Gasteiger partial charge in [0, 0.05) is 12.1 Å². The molecule has 2 heteroatoms. The van der Waals surface area contributed by atoms with Gasteiger partial charge in [0.1, 0.15) is 5.75 Å². The van der Waals surface area contributed by atoms with E-state index in [2.05, 4.69) is 49.5 Å². The van der Waals surface area contributed by atoms with Gasteiger partial charge in [0.15, 0.2) is 0 Å². The molecule has 0 fully saturated rings. The summed E-state index contributed by atoms with van der Waals surface area (Å²) in [7, 11) is 3.69. The standard InChI is InChI=1S/C17H21NO/c1-12-5-8-17(19-4)16(9-12)15-10-14(11-18-3)7-6-13(15)2/h5-10,18H,11H2,1-4H3. The molecule has 100 valence electrons. The van der Waals surface area contributed by atoms with E-state index in [-0.39, 0.29) is 0 Å². The summed E-state index contributed by atoms with van der Waals surface area (Å²) in [6.07, 6.45) is 0. The van der Waals surface area contributed by atoms with Gasteiger partial charge >= 0.3 is 0 Å². The Hall–Kier alpha value is -1.80. The Kier molecular flexibility index (Phi) is 4.23. The number of rotatable bonds is 4. The van der Waals surface area contributed by atoms with Crippen molar-refractivity contribution >= 4 is 0 Å². The largest absolute Gasteiger partial charge is 0.496 e. The average molecular weight is 255 g/mol. The van der Waals surface area contributed by atoms with E-state index in [1.165, 1.54) is 22.3 Å². The molecule has 0 bridgehead atoms. The number of nitrogens with one attached hydrogen (secondary N) is 1. The zero-order valence-electron chi connectivity index (χ0n) is 12.1. The second-order valence-electron chi connectivity index (χ2n) is 4.88. The minimum absolute atomic E-state index is 0.876. The Balaban J connectivity index is 2.56. The highest BCUT2D eigenvalue weighted by atomic mass is 16.5. The van der Waals surface area contributed by atoms with Crippen LogP contribution in [0.3, 0.4) is 0 Å². The Morgan fingerprint density at radius 2 is 1.79 bits per heavy atom. The minimum atomic E-state index is 0.876. The third kappa shape index (κ3) is 2.96. The topological polar surface area (TPSA) is 21.3 Å². The number of ether oxygens (including phenoxy) is 1. The maximum absolute atomic E-state index is 5.49. The van der Waals surface area contributed by atoms with Crippen molar-refractivity contribution in [3.63, 3.8) is 0 Å². The highest BCUT2D eigenvalue weighted by Crippen LogP contribution is 2.33. The van der Waals surface area contributed by atoms with Gasteiger partial charge in [-0.25, -0.2) is 0 Å². The molecule has 2 aromatic carbocycles. The molecular formula is C17H21NO. The van der Waals surface area contributed by atoms with Crippen LogP contribution in [0.5, 0.6) is 5.75 Å². The zero-order chi connectivity index (χ0) is 13.8. The fraction of sp³-hybridized carbons (Fsp3) is 0.294. The van der Waals surface area contributed by atoms with Crippen molar-refractivity contribution in [2.75, 3.05) is 14.2 Å². The molecule has 0 unspecified atom stereocenters. The summed E-state index contributed by atoms with van der Waals surface area (Å²) in [4.78, 5) is 0. The quantitative estimate of drug-likeness (QED) is 0.899. The average Bonchev–Trinajstić information content (AvgIpc) is 2.41. The van der Waals surface area contributed by atoms with E-state index in [4.69, 9.17) is 4.74 Å². The lowest BCUT2D eigenvalue weighted by molar-refractivity contribution is 0.416. The van der Waals surface area contributed by atoms with E-state index < -0.39 is 0 Å². The molecule has 0 aliphatic heterocycles. The first-order chi connectivity index (χ1) is 9.15. The number of hydrogen-bond acceptors (Lipinski definition) is 2. The van der Waals surface area contributed by atoms with Crippen molar-refractivity contribution in [2.24, 2.45) is 0 Å². The molecule has 2 nitrogen and oxygen atoms in total. The molecule has 2 rings (SSSR count). The summed E-state index contributed by atoms with van der Waals surface area (Å²) in [5.41, 5.74) is 6.20. The third-order valence-electron chi connectivity index (χ3n) is 3.33. The Morgan fingerprint density at radius 3 is 2.47 bits per heavy atom.